The van der Waals surface area contributed by atoms with Crippen LogP contribution in [-0.2, 0) is 4.79 Å². The average Bonchev–Trinajstić information content (AvgIpc) is 2.77. The Morgan fingerprint density at radius 1 is 1.14 bits per heavy atom. The number of methoxy groups -OCH3 is 1. The molecule has 5 nitrogen and oxygen atoms in total. The molecule has 1 amide bonds. The molecule has 0 saturated heterocycles. The van der Waals surface area contributed by atoms with Gasteiger partial charge < -0.3 is 19.6 Å². The molecule has 6 heteroatoms. The van der Waals surface area contributed by atoms with Crippen LogP contribution in [0.25, 0.3) is 0 Å². The number of fused-ring (bicyclic) bond motifs is 1. The highest BCUT2D eigenvalue weighted by molar-refractivity contribution is 7.99. The standard InChI is InChI=1S/C22H28N2O3S/c1-14-12-18-19(13-15(14)2)28-21(16-6-8-17(27-5)9-7-16)20(25)22(26)24(18)11-10-23(3)4/h6-9,12-13,20-21,25H,10-11H2,1-5H3. The number of hydrogen-bond donors (Lipinski definition) is 1. The Balaban J connectivity index is 2.05. The molecule has 1 heterocycles. The molecular formula is C22H28N2O3S. The van der Waals surface area contributed by atoms with Crippen LogP contribution in [0.1, 0.15) is 21.9 Å². The number of aryl methyl sites for hydroxylation is 2. The van der Waals surface area contributed by atoms with Crippen LogP contribution in [0.15, 0.2) is 41.3 Å². The zero-order valence-corrected chi connectivity index (χ0v) is 17.9. The molecular weight excluding hydrogens is 372 g/mol. The minimum absolute atomic E-state index is 0.253. The van der Waals surface area contributed by atoms with Crippen molar-refractivity contribution < 1.29 is 14.6 Å². The van der Waals surface area contributed by atoms with E-state index in [2.05, 4.69) is 26.0 Å². The van der Waals surface area contributed by atoms with E-state index in [-0.39, 0.29) is 11.2 Å². The van der Waals surface area contributed by atoms with Crippen LogP contribution in [-0.4, -0.2) is 56.3 Å². The number of aliphatic hydroxyl groups is 1. The van der Waals surface area contributed by atoms with Gasteiger partial charge in [0.05, 0.1) is 18.0 Å². The third kappa shape index (κ3) is 4.19. The van der Waals surface area contributed by atoms with Crippen LogP contribution >= 0.6 is 11.8 Å². The number of thioether (sulfide) groups is 1. The molecule has 0 fully saturated rings. The van der Waals surface area contributed by atoms with E-state index in [1.165, 1.54) is 5.56 Å². The van der Waals surface area contributed by atoms with E-state index in [0.717, 1.165) is 34.0 Å². The number of benzene rings is 2. The van der Waals surface area contributed by atoms with Gasteiger partial charge in [0.2, 0.25) is 0 Å². The largest absolute Gasteiger partial charge is 0.497 e. The monoisotopic (exact) mass is 400 g/mol. The van der Waals surface area contributed by atoms with E-state index >= 15 is 0 Å². The Hall–Kier alpha value is -2.02. The number of anilines is 1. The minimum atomic E-state index is -1.12. The number of rotatable bonds is 5. The van der Waals surface area contributed by atoms with E-state index in [9.17, 15) is 9.90 Å². The van der Waals surface area contributed by atoms with Gasteiger partial charge in [-0.05, 0) is 68.9 Å². The lowest BCUT2D eigenvalue weighted by atomic mass is 10.0. The third-order valence-corrected chi connectivity index (χ3v) is 6.51. The third-order valence-electron chi connectivity index (χ3n) is 5.14. The van der Waals surface area contributed by atoms with Gasteiger partial charge in [-0.15, -0.1) is 11.8 Å². The second-order valence-electron chi connectivity index (χ2n) is 7.45. The zero-order chi connectivity index (χ0) is 20.4. The summed E-state index contributed by atoms with van der Waals surface area (Å²) in [5.41, 5.74) is 4.11. The van der Waals surface area contributed by atoms with E-state index in [0.29, 0.717) is 6.54 Å². The molecule has 3 rings (SSSR count). The van der Waals surface area contributed by atoms with Crippen molar-refractivity contribution in [3.8, 4) is 5.75 Å². The summed E-state index contributed by atoms with van der Waals surface area (Å²) in [5.74, 6) is 0.500. The summed E-state index contributed by atoms with van der Waals surface area (Å²) in [6.45, 7) is 5.39. The summed E-state index contributed by atoms with van der Waals surface area (Å²) >= 11 is 1.55. The summed E-state index contributed by atoms with van der Waals surface area (Å²) < 4.78 is 5.24. The molecule has 0 spiro atoms. The van der Waals surface area contributed by atoms with Crippen LogP contribution in [0.2, 0.25) is 0 Å². The SMILES string of the molecule is COc1ccc(C2Sc3cc(C)c(C)cc3N(CCN(C)C)C(=O)C2O)cc1. The normalized spacial score (nSPS) is 19.5. The van der Waals surface area contributed by atoms with E-state index < -0.39 is 6.10 Å². The summed E-state index contributed by atoms with van der Waals surface area (Å²) in [5, 5.41) is 10.6. The molecule has 2 aromatic rings. The first-order valence-corrected chi connectivity index (χ1v) is 10.3. The van der Waals surface area contributed by atoms with Gasteiger partial charge in [-0.1, -0.05) is 12.1 Å². The van der Waals surface area contributed by atoms with Crippen molar-refractivity contribution in [3.63, 3.8) is 0 Å². The van der Waals surface area contributed by atoms with Crippen LogP contribution in [0.4, 0.5) is 5.69 Å². The maximum Gasteiger partial charge on any atom is 0.257 e. The fourth-order valence-electron chi connectivity index (χ4n) is 3.26. The number of carbonyl (C=O) groups is 1. The van der Waals surface area contributed by atoms with Gasteiger partial charge in [-0.25, -0.2) is 0 Å². The molecule has 0 aliphatic carbocycles. The number of nitrogens with zero attached hydrogens (tertiary/aromatic N) is 2. The zero-order valence-electron chi connectivity index (χ0n) is 17.1. The van der Waals surface area contributed by atoms with Crippen LogP contribution < -0.4 is 9.64 Å². The molecule has 2 atom stereocenters. The highest BCUT2D eigenvalue weighted by atomic mass is 32.2. The van der Waals surface area contributed by atoms with Gasteiger partial charge in [0, 0.05) is 18.0 Å². The van der Waals surface area contributed by atoms with Crippen molar-refractivity contribution >= 4 is 23.4 Å². The first-order valence-electron chi connectivity index (χ1n) is 9.38. The van der Waals surface area contributed by atoms with E-state index in [1.54, 1.807) is 23.8 Å². The van der Waals surface area contributed by atoms with Crippen molar-refractivity contribution in [1.82, 2.24) is 4.90 Å². The topological polar surface area (TPSA) is 53.0 Å². The summed E-state index contributed by atoms with van der Waals surface area (Å²) in [7, 11) is 5.58. The first-order chi connectivity index (χ1) is 13.3. The lowest BCUT2D eigenvalue weighted by Crippen LogP contribution is -2.43. The molecule has 0 aromatic heterocycles. The van der Waals surface area contributed by atoms with Crippen molar-refractivity contribution in [1.29, 1.82) is 0 Å². The molecule has 150 valence electrons. The average molecular weight is 401 g/mol. The highest BCUT2D eigenvalue weighted by Crippen LogP contribution is 2.46. The fourth-order valence-corrected chi connectivity index (χ4v) is 4.61. The second kappa shape index (κ2) is 8.55. The molecule has 0 bridgehead atoms. The first kappa shape index (κ1) is 20.7. The van der Waals surface area contributed by atoms with E-state index in [1.807, 2.05) is 43.3 Å². The van der Waals surface area contributed by atoms with Crippen LogP contribution in [0.5, 0.6) is 5.75 Å². The van der Waals surface area contributed by atoms with Crippen LogP contribution in [0.3, 0.4) is 0 Å². The van der Waals surface area contributed by atoms with Gasteiger partial charge >= 0.3 is 0 Å². The van der Waals surface area contributed by atoms with Crippen molar-refractivity contribution in [2.45, 2.75) is 30.1 Å². The van der Waals surface area contributed by atoms with Gasteiger partial charge in [-0.2, -0.15) is 0 Å². The van der Waals surface area contributed by atoms with Gasteiger partial charge in [0.15, 0.2) is 0 Å². The predicted octanol–water partition coefficient (Wildman–Crippen LogP) is 3.41. The molecule has 0 radical (unpaired) electrons. The van der Waals surface area contributed by atoms with Gasteiger partial charge in [-0.3, -0.25) is 4.79 Å². The number of carbonyl (C=O) groups excluding carboxylic acids is 1. The number of aliphatic hydroxyl groups excluding tert-OH is 1. The summed E-state index contributed by atoms with van der Waals surface area (Å²) in [4.78, 5) is 18.0. The Kier molecular flexibility index (Phi) is 6.33. The van der Waals surface area contributed by atoms with Gasteiger partial charge in [0.1, 0.15) is 11.9 Å². The molecule has 2 unspecified atom stereocenters. The van der Waals surface area contributed by atoms with Gasteiger partial charge in [0.25, 0.3) is 5.91 Å². The molecule has 1 aliphatic heterocycles. The molecule has 1 aliphatic rings. The van der Waals surface area contributed by atoms with Crippen LogP contribution in [0, 0.1) is 13.8 Å². The summed E-state index contributed by atoms with van der Waals surface area (Å²) in [6, 6.07) is 11.8. The lowest BCUT2D eigenvalue weighted by Gasteiger charge is -2.26. The number of amides is 1. The minimum Gasteiger partial charge on any atom is -0.497 e. The Bertz CT molecular complexity index is 852. The van der Waals surface area contributed by atoms with Crippen molar-refractivity contribution in [3.05, 3.63) is 53.1 Å². The molecule has 0 saturated carbocycles. The lowest BCUT2D eigenvalue weighted by molar-refractivity contribution is -0.126. The summed E-state index contributed by atoms with van der Waals surface area (Å²) in [6.07, 6.45) is -1.12. The molecule has 28 heavy (non-hydrogen) atoms. The number of hydrogen-bond acceptors (Lipinski definition) is 5. The van der Waals surface area contributed by atoms with Crippen molar-refractivity contribution in [2.24, 2.45) is 0 Å². The maximum atomic E-state index is 13.2. The maximum absolute atomic E-state index is 13.2. The Morgan fingerprint density at radius 2 is 1.79 bits per heavy atom. The fraction of sp³-hybridized carbons (Fsp3) is 0.409. The molecule has 2 aromatic carbocycles. The molecule has 1 N–H and O–H groups in total. The second-order valence-corrected chi connectivity index (χ2v) is 8.64. The Morgan fingerprint density at radius 3 is 2.39 bits per heavy atom. The Labute approximate surface area is 171 Å². The number of ether oxygens (including phenoxy) is 1. The van der Waals surface area contributed by atoms with E-state index in [4.69, 9.17) is 4.74 Å². The predicted molar refractivity (Wildman–Crippen MR) is 114 cm³/mol. The quantitative estimate of drug-likeness (QED) is 0.834. The smallest absolute Gasteiger partial charge is 0.257 e. The highest BCUT2D eigenvalue weighted by Gasteiger charge is 2.37. The van der Waals surface area contributed by atoms with Crippen molar-refractivity contribution in [2.75, 3.05) is 39.2 Å². The number of likely N-dealkylation sites (N-methyl/N-ethyl adjacent to an activating group) is 1.